The Balaban J connectivity index is 1.29. The molecule has 0 spiro atoms. The van der Waals surface area contributed by atoms with Gasteiger partial charge in [0.1, 0.15) is 5.82 Å². The lowest BCUT2D eigenvalue weighted by molar-refractivity contribution is -0.121. The van der Waals surface area contributed by atoms with E-state index in [2.05, 4.69) is 20.6 Å². The zero-order chi connectivity index (χ0) is 22.6. The number of nitrogens with one attached hydrogen (secondary N) is 3. The van der Waals surface area contributed by atoms with Crippen molar-refractivity contribution < 1.29 is 9.59 Å². The number of rotatable bonds is 4. The van der Waals surface area contributed by atoms with Gasteiger partial charge in [-0.3, -0.25) is 4.79 Å². The van der Waals surface area contributed by atoms with Gasteiger partial charge in [0, 0.05) is 24.3 Å². The van der Waals surface area contributed by atoms with Crippen LogP contribution in [0.15, 0.2) is 78.9 Å². The molecule has 0 radical (unpaired) electrons. The average Bonchev–Trinajstić information content (AvgIpc) is 3.29. The summed E-state index contributed by atoms with van der Waals surface area (Å²) < 4.78 is 0. The fraction of sp³-hybridized carbons (Fsp3) is 0.192. The smallest absolute Gasteiger partial charge is 0.321 e. The summed E-state index contributed by atoms with van der Waals surface area (Å²) in [5.41, 5.74) is 4.10. The number of benzene rings is 3. The third-order valence-electron chi connectivity index (χ3n) is 5.93. The van der Waals surface area contributed by atoms with E-state index in [9.17, 15) is 9.59 Å². The molecule has 0 saturated carbocycles. The summed E-state index contributed by atoms with van der Waals surface area (Å²) in [6.07, 6.45) is 1.53. The number of nitrogens with zero attached hydrogens (tertiary/aromatic N) is 2. The standard InChI is InChI=1S/C26H25N5O2/c32-25(18-9-8-16-31(17-18)26(33)27-19-10-2-1-3-11-19)30-21-13-5-4-12-20(21)24-28-22-14-6-7-15-23(22)29-24/h1-7,10-15,18H,8-9,16-17H2,(H,27,33)(H,28,29)(H,30,32). The second-order valence-electron chi connectivity index (χ2n) is 8.22. The number of aromatic nitrogens is 2. The fourth-order valence-electron chi connectivity index (χ4n) is 4.21. The highest BCUT2D eigenvalue weighted by molar-refractivity contribution is 5.97. The van der Waals surface area contributed by atoms with Gasteiger partial charge in [-0.2, -0.15) is 0 Å². The SMILES string of the molecule is O=C(Nc1ccccc1-c1nc2ccccc2[nH]1)C1CCCN(C(=O)Nc2ccccc2)C1. The molecule has 1 atom stereocenters. The zero-order valence-corrected chi connectivity index (χ0v) is 18.1. The van der Waals surface area contributed by atoms with Gasteiger partial charge in [-0.15, -0.1) is 0 Å². The lowest BCUT2D eigenvalue weighted by atomic mass is 9.97. The van der Waals surface area contributed by atoms with Gasteiger partial charge in [0.05, 0.1) is 22.6 Å². The normalized spacial score (nSPS) is 15.9. The van der Waals surface area contributed by atoms with E-state index in [0.717, 1.165) is 35.1 Å². The molecule has 1 aliphatic rings. The lowest BCUT2D eigenvalue weighted by Gasteiger charge is -2.32. The minimum atomic E-state index is -0.274. The summed E-state index contributed by atoms with van der Waals surface area (Å²) in [5.74, 6) is 0.347. The van der Waals surface area contributed by atoms with Gasteiger partial charge >= 0.3 is 6.03 Å². The molecule has 7 heteroatoms. The summed E-state index contributed by atoms with van der Waals surface area (Å²) in [6.45, 7) is 1.02. The number of amides is 3. The van der Waals surface area contributed by atoms with Crippen molar-refractivity contribution >= 4 is 34.3 Å². The molecule has 4 aromatic rings. The first kappa shape index (κ1) is 20.8. The number of para-hydroxylation sites is 4. The Morgan fingerprint density at radius 3 is 2.52 bits per heavy atom. The summed E-state index contributed by atoms with van der Waals surface area (Å²) >= 11 is 0. The molecule has 3 aromatic carbocycles. The van der Waals surface area contributed by atoms with Crippen LogP contribution in [0.2, 0.25) is 0 Å². The molecule has 1 fully saturated rings. The van der Waals surface area contributed by atoms with Gasteiger partial charge in [0.25, 0.3) is 0 Å². The van der Waals surface area contributed by atoms with Crippen molar-refractivity contribution in [3.8, 4) is 11.4 Å². The van der Waals surface area contributed by atoms with Crippen molar-refractivity contribution in [1.82, 2.24) is 14.9 Å². The maximum atomic E-state index is 13.1. The second kappa shape index (κ2) is 9.16. The van der Waals surface area contributed by atoms with E-state index in [4.69, 9.17) is 0 Å². The van der Waals surface area contributed by atoms with E-state index in [0.29, 0.717) is 24.6 Å². The third kappa shape index (κ3) is 4.57. The molecule has 1 unspecified atom stereocenters. The van der Waals surface area contributed by atoms with Crippen LogP contribution in [-0.4, -0.2) is 39.9 Å². The van der Waals surface area contributed by atoms with Gasteiger partial charge in [0.2, 0.25) is 5.91 Å². The van der Waals surface area contributed by atoms with E-state index in [1.54, 1.807) is 4.90 Å². The van der Waals surface area contributed by atoms with Gasteiger partial charge in [0.15, 0.2) is 0 Å². The number of likely N-dealkylation sites (tertiary alicyclic amines) is 1. The van der Waals surface area contributed by atoms with E-state index < -0.39 is 0 Å². The van der Waals surface area contributed by atoms with Crippen LogP contribution < -0.4 is 10.6 Å². The highest BCUT2D eigenvalue weighted by Gasteiger charge is 2.29. The Kier molecular flexibility index (Phi) is 5.76. The van der Waals surface area contributed by atoms with Gasteiger partial charge in [-0.05, 0) is 49.2 Å². The Labute approximate surface area is 191 Å². The Morgan fingerprint density at radius 1 is 0.909 bits per heavy atom. The first-order valence-corrected chi connectivity index (χ1v) is 11.1. The minimum absolute atomic E-state index is 0.0872. The topological polar surface area (TPSA) is 90.1 Å². The number of hydrogen-bond acceptors (Lipinski definition) is 3. The maximum absolute atomic E-state index is 13.1. The molecule has 1 saturated heterocycles. The Bertz CT molecular complexity index is 1250. The molecule has 0 bridgehead atoms. The van der Waals surface area contributed by atoms with Crippen LogP contribution in [0.4, 0.5) is 16.2 Å². The number of carbonyl (C=O) groups is 2. The van der Waals surface area contributed by atoms with Gasteiger partial charge in [-0.1, -0.05) is 42.5 Å². The van der Waals surface area contributed by atoms with Crippen LogP contribution in [0.25, 0.3) is 22.4 Å². The molecule has 3 N–H and O–H groups in total. The maximum Gasteiger partial charge on any atom is 0.321 e. The number of imidazole rings is 1. The van der Waals surface area contributed by atoms with Crippen molar-refractivity contribution in [2.75, 3.05) is 23.7 Å². The number of aromatic amines is 1. The molecular formula is C26H25N5O2. The summed E-state index contributed by atoms with van der Waals surface area (Å²) in [7, 11) is 0. The summed E-state index contributed by atoms with van der Waals surface area (Å²) in [6, 6.07) is 24.6. The lowest BCUT2D eigenvalue weighted by Crippen LogP contribution is -2.45. The van der Waals surface area contributed by atoms with Crippen molar-refractivity contribution in [2.24, 2.45) is 5.92 Å². The zero-order valence-electron chi connectivity index (χ0n) is 18.1. The average molecular weight is 440 g/mol. The van der Waals surface area contributed by atoms with Crippen LogP contribution in [0.1, 0.15) is 12.8 Å². The van der Waals surface area contributed by atoms with E-state index in [1.807, 2.05) is 78.9 Å². The van der Waals surface area contributed by atoms with Crippen molar-refractivity contribution in [3.63, 3.8) is 0 Å². The predicted octanol–water partition coefficient (Wildman–Crippen LogP) is 5.11. The molecule has 166 valence electrons. The van der Waals surface area contributed by atoms with Crippen LogP contribution in [0.5, 0.6) is 0 Å². The summed E-state index contributed by atoms with van der Waals surface area (Å²) in [4.78, 5) is 35.5. The molecule has 0 aliphatic carbocycles. The van der Waals surface area contributed by atoms with E-state index in [-0.39, 0.29) is 17.9 Å². The molecule has 2 heterocycles. The van der Waals surface area contributed by atoms with Gasteiger partial charge in [-0.25, -0.2) is 9.78 Å². The number of H-pyrrole nitrogens is 1. The first-order chi connectivity index (χ1) is 16.2. The molecule has 7 nitrogen and oxygen atoms in total. The number of piperidine rings is 1. The quantitative estimate of drug-likeness (QED) is 0.413. The second-order valence-corrected chi connectivity index (χ2v) is 8.22. The monoisotopic (exact) mass is 439 g/mol. The molecular weight excluding hydrogens is 414 g/mol. The third-order valence-corrected chi connectivity index (χ3v) is 5.93. The molecule has 3 amide bonds. The number of hydrogen-bond donors (Lipinski definition) is 3. The molecule has 5 rings (SSSR count). The van der Waals surface area contributed by atoms with E-state index >= 15 is 0 Å². The number of fused-ring (bicyclic) bond motifs is 1. The Hall–Kier alpha value is -4.13. The van der Waals surface area contributed by atoms with Crippen molar-refractivity contribution in [1.29, 1.82) is 0 Å². The van der Waals surface area contributed by atoms with Crippen molar-refractivity contribution in [3.05, 3.63) is 78.9 Å². The number of urea groups is 1. The molecule has 1 aromatic heterocycles. The van der Waals surface area contributed by atoms with Crippen LogP contribution >= 0.6 is 0 Å². The number of carbonyl (C=O) groups excluding carboxylic acids is 2. The van der Waals surface area contributed by atoms with Crippen LogP contribution in [-0.2, 0) is 4.79 Å². The minimum Gasteiger partial charge on any atom is -0.338 e. The van der Waals surface area contributed by atoms with Crippen molar-refractivity contribution in [2.45, 2.75) is 12.8 Å². The predicted molar refractivity (Wildman–Crippen MR) is 130 cm³/mol. The first-order valence-electron chi connectivity index (χ1n) is 11.1. The highest BCUT2D eigenvalue weighted by Crippen LogP contribution is 2.29. The van der Waals surface area contributed by atoms with Gasteiger partial charge < -0.3 is 20.5 Å². The fourth-order valence-corrected chi connectivity index (χ4v) is 4.21. The molecule has 33 heavy (non-hydrogen) atoms. The van der Waals surface area contributed by atoms with Crippen LogP contribution in [0, 0.1) is 5.92 Å². The number of anilines is 2. The summed E-state index contributed by atoms with van der Waals surface area (Å²) in [5, 5.41) is 5.98. The Morgan fingerprint density at radius 2 is 1.67 bits per heavy atom. The highest BCUT2D eigenvalue weighted by atomic mass is 16.2. The van der Waals surface area contributed by atoms with E-state index in [1.165, 1.54) is 0 Å². The van der Waals surface area contributed by atoms with Crippen LogP contribution in [0.3, 0.4) is 0 Å². The largest absolute Gasteiger partial charge is 0.338 e. The molecule has 1 aliphatic heterocycles.